The summed E-state index contributed by atoms with van der Waals surface area (Å²) < 4.78 is 17.2. The lowest BCUT2D eigenvalue weighted by Gasteiger charge is -2.24. The number of hydrogen-bond donors (Lipinski definition) is 1. The molecule has 3 aromatic rings. The topological polar surface area (TPSA) is 102 Å². The summed E-state index contributed by atoms with van der Waals surface area (Å²) in [7, 11) is 3.00. The van der Waals surface area contributed by atoms with Gasteiger partial charge in [0.05, 0.1) is 19.8 Å². The van der Waals surface area contributed by atoms with Gasteiger partial charge in [0.15, 0.2) is 5.82 Å². The molecule has 182 valence electrons. The second-order valence-corrected chi connectivity index (χ2v) is 10.00. The third-order valence-electron chi connectivity index (χ3n) is 5.78. The van der Waals surface area contributed by atoms with Crippen LogP contribution in [0.25, 0.3) is 5.76 Å². The third kappa shape index (κ3) is 4.43. The van der Waals surface area contributed by atoms with Gasteiger partial charge in [0.2, 0.25) is 0 Å². The summed E-state index contributed by atoms with van der Waals surface area (Å²) >= 11 is 3.36. The van der Waals surface area contributed by atoms with Crippen LogP contribution in [-0.2, 0) is 15.0 Å². The van der Waals surface area contributed by atoms with E-state index < -0.39 is 17.7 Å². The smallest absolute Gasteiger partial charge is 0.301 e. The van der Waals surface area contributed by atoms with E-state index in [1.54, 1.807) is 48.5 Å². The van der Waals surface area contributed by atoms with Gasteiger partial charge in [0.25, 0.3) is 5.78 Å². The Kier molecular flexibility index (Phi) is 6.46. The number of halogens is 1. The zero-order valence-electron chi connectivity index (χ0n) is 20.0. The van der Waals surface area contributed by atoms with Gasteiger partial charge >= 0.3 is 5.91 Å². The minimum atomic E-state index is -1.02. The van der Waals surface area contributed by atoms with Crippen molar-refractivity contribution in [2.24, 2.45) is 0 Å². The second-order valence-electron chi connectivity index (χ2n) is 9.08. The average Bonchev–Trinajstić information content (AvgIpc) is 3.42. The maximum absolute atomic E-state index is 13.3. The molecular weight excluding hydrogens is 516 g/mol. The molecule has 4 rings (SSSR count). The standard InChI is InChI=1S/C26H25BrN2O6/c1-26(2,3)19-13-20(28-35-19)29-22(17-11-10-16(33-4)12-18(17)34-5)21(24(31)25(29)32)23(30)14-6-8-15(27)9-7-14/h6-13,22,30H,1-5H3/b23-21+. The van der Waals surface area contributed by atoms with Crippen molar-refractivity contribution in [1.82, 2.24) is 5.16 Å². The number of aliphatic hydroxyl groups excluding tert-OH is 1. The SMILES string of the molecule is COc1ccc(C2/C(=C(\O)c3ccc(Br)cc3)C(=O)C(=O)N2c2cc(C(C)(C)C)on2)c(OC)c1. The molecule has 0 spiro atoms. The van der Waals surface area contributed by atoms with Crippen molar-refractivity contribution < 1.29 is 28.7 Å². The van der Waals surface area contributed by atoms with Crippen LogP contribution in [-0.4, -0.2) is 36.2 Å². The highest BCUT2D eigenvalue weighted by Crippen LogP contribution is 2.46. The maximum atomic E-state index is 13.3. The number of carbonyl (C=O) groups excluding carboxylic acids is 2. The molecule has 0 aliphatic carbocycles. The Balaban J connectivity index is 1.97. The van der Waals surface area contributed by atoms with E-state index >= 15 is 0 Å². The largest absolute Gasteiger partial charge is 0.507 e. The van der Waals surface area contributed by atoms with Gasteiger partial charge in [-0.15, -0.1) is 0 Å². The second kappa shape index (κ2) is 9.22. The predicted octanol–water partition coefficient (Wildman–Crippen LogP) is 5.38. The van der Waals surface area contributed by atoms with Gasteiger partial charge in [-0.25, -0.2) is 0 Å². The summed E-state index contributed by atoms with van der Waals surface area (Å²) in [6, 6.07) is 12.4. The van der Waals surface area contributed by atoms with Crippen LogP contribution in [0.3, 0.4) is 0 Å². The van der Waals surface area contributed by atoms with Crippen molar-refractivity contribution in [2.75, 3.05) is 19.1 Å². The lowest BCUT2D eigenvalue weighted by Crippen LogP contribution is -2.30. The maximum Gasteiger partial charge on any atom is 0.301 e. The van der Waals surface area contributed by atoms with E-state index in [1.807, 2.05) is 20.8 Å². The average molecular weight is 541 g/mol. The van der Waals surface area contributed by atoms with Crippen LogP contribution in [0.15, 0.2) is 63.1 Å². The minimum absolute atomic E-state index is 0.0823. The van der Waals surface area contributed by atoms with E-state index in [-0.39, 0.29) is 22.6 Å². The van der Waals surface area contributed by atoms with Gasteiger partial charge in [-0.05, 0) is 24.3 Å². The molecule has 0 bridgehead atoms. The molecule has 1 aromatic heterocycles. The number of Topliss-reactive ketones (excluding diaryl/α,β-unsaturated/α-hetero) is 1. The number of aliphatic hydroxyl groups is 1. The first-order valence-electron chi connectivity index (χ1n) is 10.8. The molecule has 1 aliphatic heterocycles. The molecule has 1 amide bonds. The van der Waals surface area contributed by atoms with Crippen molar-refractivity contribution in [1.29, 1.82) is 0 Å². The van der Waals surface area contributed by atoms with Crippen LogP contribution in [0.4, 0.5) is 5.82 Å². The molecule has 2 heterocycles. The molecule has 0 radical (unpaired) electrons. The predicted molar refractivity (Wildman–Crippen MR) is 134 cm³/mol. The van der Waals surface area contributed by atoms with Crippen molar-refractivity contribution in [3.05, 3.63) is 75.5 Å². The first-order chi connectivity index (χ1) is 16.6. The molecule has 35 heavy (non-hydrogen) atoms. The lowest BCUT2D eigenvalue weighted by atomic mass is 9.93. The van der Waals surface area contributed by atoms with Gasteiger partial charge in [-0.2, -0.15) is 0 Å². The van der Waals surface area contributed by atoms with Gasteiger partial charge in [0.1, 0.15) is 29.1 Å². The molecule has 1 N–H and O–H groups in total. The first kappa shape index (κ1) is 24.5. The lowest BCUT2D eigenvalue weighted by molar-refractivity contribution is -0.132. The van der Waals surface area contributed by atoms with Crippen LogP contribution in [0.1, 0.15) is 43.7 Å². The number of benzene rings is 2. The van der Waals surface area contributed by atoms with E-state index in [0.29, 0.717) is 28.4 Å². The van der Waals surface area contributed by atoms with Crippen LogP contribution < -0.4 is 14.4 Å². The zero-order chi connectivity index (χ0) is 25.5. The number of hydrogen-bond acceptors (Lipinski definition) is 7. The summed E-state index contributed by atoms with van der Waals surface area (Å²) in [4.78, 5) is 27.9. The number of nitrogens with zero attached hydrogens (tertiary/aromatic N) is 2. The van der Waals surface area contributed by atoms with Crippen molar-refractivity contribution >= 4 is 39.2 Å². The quantitative estimate of drug-likeness (QED) is 0.263. The van der Waals surface area contributed by atoms with E-state index in [9.17, 15) is 14.7 Å². The summed E-state index contributed by atoms with van der Waals surface area (Å²) in [6.45, 7) is 5.84. The zero-order valence-corrected chi connectivity index (χ0v) is 21.5. The number of amides is 1. The molecule has 2 aromatic carbocycles. The van der Waals surface area contributed by atoms with Crippen molar-refractivity contribution in [3.63, 3.8) is 0 Å². The van der Waals surface area contributed by atoms with E-state index in [2.05, 4.69) is 21.1 Å². The fourth-order valence-corrected chi connectivity index (χ4v) is 4.17. The summed E-state index contributed by atoms with van der Waals surface area (Å²) in [5, 5.41) is 15.3. The summed E-state index contributed by atoms with van der Waals surface area (Å²) in [6.07, 6.45) is 0. The van der Waals surface area contributed by atoms with Gasteiger partial charge < -0.3 is 19.1 Å². The number of carbonyl (C=O) groups is 2. The fourth-order valence-electron chi connectivity index (χ4n) is 3.90. The number of methoxy groups -OCH3 is 2. The fraction of sp³-hybridized carbons (Fsp3) is 0.269. The summed E-state index contributed by atoms with van der Waals surface area (Å²) in [5.41, 5.74) is 0.413. The molecule has 1 unspecified atom stereocenters. The highest BCUT2D eigenvalue weighted by molar-refractivity contribution is 9.10. The number of ether oxygens (including phenoxy) is 2. The molecule has 1 atom stereocenters. The van der Waals surface area contributed by atoms with E-state index in [4.69, 9.17) is 14.0 Å². The molecule has 1 saturated heterocycles. The van der Waals surface area contributed by atoms with Crippen LogP contribution in [0.5, 0.6) is 11.5 Å². The number of anilines is 1. The Morgan fingerprint density at radius 2 is 1.74 bits per heavy atom. The van der Waals surface area contributed by atoms with Crippen molar-refractivity contribution in [3.8, 4) is 11.5 Å². The van der Waals surface area contributed by atoms with Crippen LogP contribution in [0.2, 0.25) is 0 Å². The molecule has 0 saturated carbocycles. The highest BCUT2D eigenvalue weighted by Gasteiger charge is 2.49. The number of rotatable bonds is 5. The molecule has 1 fully saturated rings. The highest BCUT2D eigenvalue weighted by atomic mass is 79.9. The van der Waals surface area contributed by atoms with Gasteiger partial charge in [-0.3, -0.25) is 14.5 Å². The Hall–Kier alpha value is -3.59. The molecule has 1 aliphatic rings. The Morgan fingerprint density at radius 1 is 1.06 bits per heavy atom. The number of aromatic nitrogens is 1. The van der Waals surface area contributed by atoms with Crippen LogP contribution >= 0.6 is 15.9 Å². The van der Waals surface area contributed by atoms with E-state index in [0.717, 1.165) is 4.47 Å². The molecule has 9 heteroatoms. The summed E-state index contributed by atoms with van der Waals surface area (Å²) in [5.74, 6) is -0.360. The Bertz CT molecular complexity index is 1320. The Labute approximate surface area is 211 Å². The first-order valence-corrected chi connectivity index (χ1v) is 11.6. The Morgan fingerprint density at radius 3 is 2.31 bits per heavy atom. The van der Waals surface area contributed by atoms with Crippen molar-refractivity contribution in [2.45, 2.75) is 32.2 Å². The van der Waals surface area contributed by atoms with Gasteiger partial charge in [0, 0.05) is 33.1 Å². The van der Waals surface area contributed by atoms with E-state index in [1.165, 1.54) is 19.1 Å². The molecular formula is C26H25BrN2O6. The normalized spacial score (nSPS) is 17.7. The minimum Gasteiger partial charge on any atom is -0.507 e. The number of ketones is 1. The van der Waals surface area contributed by atoms with Gasteiger partial charge in [-0.1, -0.05) is 54.0 Å². The monoisotopic (exact) mass is 540 g/mol. The third-order valence-corrected chi connectivity index (χ3v) is 6.31. The van der Waals surface area contributed by atoms with Crippen LogP contribution in [0, 0.1) is 0 Å². The molecule has 8 nitrogen and oxygen atoms in total.